The highest BCUT2D eigenvalue weighted by Gasteiger charge is 2.42. The number of hydrogen-bond acceptors (Lipinski definition) is 4. The molecule has 0 radical (unpaired) electrons. The Hall–Kier alpha value is -3.56. The number of hydrogen-bond donors (Lipinski definition) is 3. The quantitative estimate of drug-likeness (QED) is 0.450. The predicted octanol–water partition coefficient (Wildman–Crippen LogP) is 4.61. The molecule has 35 heavy (non-hydrogen) atoms. The zero-order valence-corrected chi connectivity index (χ0v) is 19.1. The number of amides is 2. The van der Waals surface area contributed by atoms with Crippen LogP contribution in [0, 0.1) is 0 Å². The molecule has 2 aromatic rings. The molecule has 188 valence electrons. The molecule has 2 aromatic carbocycles. The van der Waals surface area contributed by atoms with Crippen molar-refractivity contribution in [2.24, 2.45) is 0 Å². The van der Waals surface area contributed by atoms with Crippen molar-refractivity contribution in [1.29, 1.82) is 0 Å². The molecule has 0 aliphatic heterocycles. The van der Waals surface area contributed by atoms with E-state index in [1.807, 2.05) is 48.5 Å². The van der Waals surface area contributed by atoms with Crippen molar-refractivity contribution in [1.82, 2.24) is 10.6 Å². The molecule has 0 heterocycles. The zero-order chi connectivity index (χ0) is 25.6. The zero-order valence-electron chi connectivity index (χ0n) is 19.1. The van der Waals surface area contributed by atoms with Crippen LogP contribution in [0.1, 0.15) is 49.7 Å². The topological polar surface area (TPSA) is 105 Å². The summed E-state index contributed by atoms with van der Waals surface area (Å²) < 4.78 is 45.7. The molecule has 0 fully saturated rings. The molecule has 7 nitrogen and oxygen atoms in total. The SMILES string of the molecule is CCC(CCC(=O)O)NC(=O)CC(NC(=O)OCC1c2ccccc2-c2ccccc21)C(F)(F)F. The van der Waals surface area contributed by atoms with Crippen LogP contribution < -0.4 is 10.6 Å². The number of alkyl halides is 3. The van der Waals surface area contributed by atoms with Crippen LogP contribution in [0.25, 0.3) is 11.1 Å². The first-order valence-corrected chi connectivity index (χ1v) is 11.3. The van der Waals surface area contributed by atoms with E-state index in [9.17, 15) is 27.6 Å². The van der Waals surface area contributed by atoms with E-state index in [0.717, 1.165) is 22.3 Å². The van der Waals surface area contributed by atoms with Gasteiger partial charge in [-0.05, 0) is 35.1 Å². The number of carbonyl (C=O) groups excluding carboxylic acids is 2. The minimum atomic E-state index is -4.88. The van der Waals surface area contributed by atoms with E-state index < -0.39 is 42.7 Å². The summed E-state index contributed by atoms with van der Waals surface area (Å²) >= 11 is 0. The average Bonchev–Trinajstić information content (AvgIpc) is 3.13. The van der Waals surface area contributed by atoms with Gasteiger partial charge in [0.1, 0.15) is 12.6 Å². The van der Waals surface area contributed by atoms with Crippen LogP contribution in [-0.4, -0.2) is 47.9 Å². The van der Waals surface area contributed by atoms with E-state index in [1.165, 1.54) is 0 Å². The van der Waals surface area contributed by atoms with Crippen molar-refractivity contribution in [2.75, 3.05) is 6.61 Å². The number of carboxylic acids is 1. The molecule has 0 saturated heterocycles. The van der Waals surface area contributed by atoms with E-state index in [0.29, 0.717) is 6.42 Å². The normalized spacial score (nSPS) is 14.4. The van der Waals surface area contributed by atoms with Crippen LogP contribution in [0.3, 0.4) is 0 Å². The van der Waals surface area contributed by atoms with Crippen molar-refractivity contribution in [3.8, 4) is 11.1 Å². The first-order chi connectivity index (χ1) is 16.6. The largest absolute Gasteiger partial charge is 0.481 e. The summed E-state index contributed by atoms with van der Waals surface area (Å²) in [6.45, 7) is 1.52. The van der Waals surface area contributed by atoms with Crippen molar-refractivity contribution >= 4 is 18.0 Å². The molecule has 10 heteroatoms. The fraction of sp³-hybridized carbons (Fsp3) is 0.400. The van der Waals surface area contributed by atoms with Crippen LogP contribution in [0.5, 0.6) is 0 Å². The molecule has 2 unspecified atom stereocenters. The van der Waals surface area contributed by atoms with Gasteiger partial charge in [0.15, 0.2) is 0 Å². The molecule has 3 N–H and O–H groups in total. The number of alkyl carbamates (subject to hydrolysis) is 1. The number of aliphatic carboxylic acids is 1. The molecule has 2 atom stereocenters. The van der Waals surface area contributed by atoms with E-state index in [-0.39, 0.29) is 25.4 Å². The number of carbonyl (C=O) groups is 3. The van der Waals surface area contributed by atoms with Gasteiger partial charge in [-0.1, -0.05) is 55.5 Å². The van der Waals surface area contributed by atoms with E-state index in [2.05, 4.69) is 5.32 Å². The van der Waals surface area contributed by atoms with Gasteiger partial charge in [-0.2, -0.15) is 13.2 Å². The van der Waals surface area contributed by atoms with E-state index >= 15 is 0 Å². The maximum Gasteiger partial charge on any atom is 0.409 e. The molecule has 2 amide bonds. The summed E-state index contributed by atoms with van der Waals surface area (Å²) in [6, 6.07) is 12.1. The van der Waals surface area contributed by atoms with Gasteiger partial charge in [0.25, 0.3) is 0 Å². The lowest BCUT2D eigenvalue weighted by molar-refractivity contribution is -0.160. The molecule has 0 saturated carbocycles. The van der Waals surface area contributed by atoms with Gasteiger partial charge in [0.2, 0.25) is 5.91 Å². The maximum atomic E-state index is 13.5. The van der Waals surface area contributed by atoms with Gasteiger partial charge in [-0.15, -0.1) is 0 Å². The molecule has 1 aliphatic carbocycles. The Balaban J connectivity index is 1.60. The summed E-state index contributed by atoms with van der Waals surface area (Å²) in [6.07, 6.45) is -6.98. The van der Waals surface area contributed by atoms with Crippen LogP contribution in [0.4, 0.5) is 18.0 Å². The van der Waals surface area contributed by atoms with Gasteiger partial charge in [-0.25, -0.2) is 4.79 Å². The highest BCUT2D eigenvalue weighted by molar-refractivity contribution is 5.80. The lowest BCUT2D eigenvalue weighted by Gasteiger charge is -2.23. The molecular formula is C25H27F3N2O5. The number of benzene rings is 2. The first kappa shape index (κ1) is 26.1. The number of fused-ring (bicyclic) bond motifs is 3. The third-order valence-electron chi connectivity index (χ3n) is 5.98. The minimum absolute atomic E-state index is 0.0913. The number of rotatable bonds is 10. The Kier molecular flexibility index (Phi) is 8.37. The smallest absolute Gasteiger partial charge is 0.409 e. The monoisotopic (exact) mass is 492 g/mol. The molecule has 3 rings (SSSR count). The molecule has 1 aliphatic rings. The summed E-state index contributed by atoms with van der Waals surface area (Å²) in [5.74, 6) is -2.33. The fourth-order valence-electron chi connectivity index (χ4n) is 4.18. The van der Waals surface area contributed by atoms with Crippen LogP contribution in [0.15, 0.2) is 48.5 Å². The van der Waals surface area contributed by atoms with Crippen LogP contribution in [0.2, 0.25) is 0 Å². The number of halogens is 3. The van der Waals surface area contributed by atoms with Crippen LogP contribution in [-0.2, 0) is 14.3 Å². The average molecular weight is 492 g/mol. The van der Waals surface area contributed by atoms with Gasteiger partial charge >= 0.3 is 18.2 Å². The maximum absolute atomic E-state index is 13.5. The molecule has 0 spiro atoms. The van der Waals surface area contributed by atoms with Gasteiger partial charge in [0, 0.05) is 18.4 Å². The lowest BCUT2D eigenvalue weighted by atomic mass is 9.98. The van der Waals surface area contributed by atoms with Crippen molar-refractivity contribution in [3.63, 3.8) is 0 Å². The Bertz CT molecular complexity index is 1030. The van der Waals surface area contributed by atoms with Crippen molar-refractivity contribution < 1.29 is 37.4 Å². The Morgan fingerprint density at radius 1 is 1.00 bits per heavy atom. The summed E-state index contributed by atoms with van der Waals surface area (Å²) in [5.41, 5.74) is 3.80. The Labute approximate surface area is 200 Å². The number of ether oxygens (including phenoxy) is 1. The third-order valence-corrected chi connectivity index (χ3v) is 5.98. The molecule has 0 aromatic heterocycles. The molecule has 0 bridgehead atoms. The highest BCUT2D eigenvalue weighted by atomic mass is 19.4. The summed E-state index contributed by atoms with van der Waals surface area (Å²) in [7, 11) is 0. The lowest BCUT2D eigenvalue weighted by Crippen LogP contribution is -2.49. The second-order valence-electron chi connectivity index (χ2n) is 8.37. The van der Waals surface area contributed by atoms with Crippen molar-refractivity contribution in [3.05, 3.63) is 59.7 Å². The van der Waals surface area contributed by atoms with Crippen molar-refractivity contribution in [2.45, 2.75) is 56.8 Å². The number of carboxylic acid groups (broad SMARTS) is 1. The standard InChI is InChI=1S/C25H27F3N2O5/c1-2-15(11-12-23(32)33)29-22(31)13-21(25(26,27)28)30-24(34)35-14-20-18-9-5-3-7-16(18)17-8-4-6-10-19(17)20/h3-10,15,20-21H,2,11-14H2,1H3,(H,29,31)(H,30,34)(H,32,33). The first-order valence-electron chi connectivity index (χ1n) is 11.3. The van der Waals surface area contributed by atoms with E-state index in [1.54, 1.807) is 12.2 Å². The Morgan fingerprint density at radius 3 is 2.09 bits per heavy atom. The second-order valence-corrected chi connectivity index (χ2v) is 8.37. The van der Waals surface area contributed by atoms with Gasteiger partial charge in [-0.3, -0.25) is 9.59 Å². The fourth-order valence-corrected chi connectivity index (χ4v) is 4.18. The van der Waals surface area contributed by atoms with Gasteiger partial charge in [0.05, 0.1) is 6.42 Å². The summed E-state index contributed by atoms with van der Waals surface area (Å²) in [4.78, 5) is 35.2. The van der Waals surface area contributed by atoms with Gasteiger partial charge < -0.3 is 20.5 Å². The molecular weight excluding hydrogens is 465 g/mol. The Morgan fingerprint density at radius 2 is 1.57 bits per heavy atom. The highest BCUT2D eigenvalue weighted by Crippen LogP contribution is 2.44. The summed E-state index contributed by atoms with van der Waals surface area (Å²) in [5, 5.41) is 12.9. The van der Waals surface area contributed by atoms with E-state index in [4.69, 9.17) is 9.84 Å². The number of nitrogens with one attached hydrogen (secondary N) is 2. The third kappa shape index (κ3) is 6.74. The van der Waals surface area contributed by atoms with Crippen LogP contribution >= 0.6 is 0 Å². The second kappa shape index (κ2) is 11.2. The minimum Gasteiger partial charge on any atom is -0.481 e. The predicted molar refractivity (Wildman–Crippen MR) is 122 cm³/mol.